The summed E-state index contributed by atoms with van der Waals surface area (Å²) in [6, 6.07) is 7.27. The highest BCUT2D eigenvalue weighted by Crippen LogP contribution is 2.56. The summed E-state index contributed by atoms with van der Waals surface area (Å²) in [5, 5.41) is 0. The highest BCUT2D eigenvalue weighted by molar-refractivity contribution is 8.23. The van der Waals surface area contributed by atoms with Crippen molar-refractivity contribution < 1.29 is 9.53 Å². The van der Waals surface area contributed by atoms with Gasteiger partial charge < -0.3 is 4.74 Å². The molecule has 0 N–H and O–H groups in total. The van der Waals surface area contributed by atoms with Gasteiger partial charge in [-0.3, -0.25) is 4.79 Å². The molecule has 1 unspecified atom stereocenters. The molecule has 102 valence electrons. The van der Waals surface area contributed by atoms with Crippen LogP contribution in [0.25, 0.3) is 0 Å². The first-order valence-corrected chi connectivity index (χ1v) is 8.46. The predicted molar refractivity (Wildman–Crippen MR) is 79.2 cm³/mol. The van der Waals surface area contributed by atoms with Crippen molar-refractivity contribution in [3.05, 3.63) is 29.8 Å². The maximum atomic E-state index is 12.7. The second-order valence-corrected chi connectivity index (χ2v) is 7.18. The number of carbonyl (C=O) groups excluding carboxylic acids is 1. The Bertz CT molecular complexity index is 514. The van der Waals surface area contributed by atoms with Crippen LogP contribution in [0.4, 0.5) is 0 Å². The summed E-state index contributed by atoms with van der Waals surface area (Å²) in [7, 11) is 6.88. The molecular weight excluding hydrogens is 303 g/mol. The molecule has 5 heteroatoms. The van der Waals surface area contributed by atoms with Gasteiger partial charge in [-0.1, -0.05) is 30.2 Å². The molecule has 1 aromatic carbocycles. The number of hydrogen-bond donors (Lipinski definition) is 0. The van der Waals surface area contributed by atoms with Gasteiger partial charge in [-0.25, -0.2) is 0 Å². The van der Waals surface area contributed by atoms with E-state index < -0.39 is 9.81 Å². The SMILES string of the molecule is O=C1c2ccccc2OC2(CCCCC2)C1(Cl)SCl. The lowest BCUT2D eigenvalue weighted by Gasteiger charge is -2.49. The predicted octanol–water partition coefficient (Wildman–Crippen LogP) is 4.79. The molecule has 1 saturated carbocycles. The number of hydrogen-bond acceptors (Lipinski definition) is 3. The van der Waals surface area contributed by atoms with E-state index in [2.05, 4.69) is 0 Å². The molecule has 2 nitrogen and oxygen atoms in total. The molecule has 0 bridgehead atoms. The van der Waals surface area contributed by atoms with Crippen LogP contribution in [-0.2, 0) is 0 Å². The summed E-state index contributed by atoms with van der Waals surface area (Å²) in [6.07, 6.45) is 4.73. The van der Waals surface area contributed by atoms with E-state index in [0.29, 0.717) is 11.3 Å². The number of benzene rings is 1. The van der Waals surface area contributed by atoms with Gasteiger partial charge in [-0.15, -0.1) is 0 Å². The van der Waals surface area contributed by atoms with E-state index in [9.17, 15) is 4.79 Å². The van der Waals surface area contributed by atoms with Crippen LogP contribution in [0.1, 0.15) is 42.5 Å². The third kappa shape index (κ3) is 1.90. The average molecular weight is 317 g/mol. The van der Waals surface area contributed by atoms with E-state index in [1.807, 2.05) is 18.2 Å². The fourth-order valence-corrected chi connectivity index (χ4v) is 4.58. The maximum Gasteiger partial charge on any atom is 0.206 e. The lowest BCUT2D eigenvalue weighted by Crippen LogP contribution is -2.60. The number of Topliss-reactive ketones (excluding diaryl/α,β-unsaturated/α-hetero) is 1. The Kier molecular flexibility index (Phi) is 3.48. The number of fused-ring (bicyclic) bond motifs is 1. The number of ketones is 1. The summed E-state index contributed by atoms with van der Waals surface area (Å²) in [5.74, 6) is 0.509. The van der Waals surface area contributed by atoms with Gasteiger partial charge in [0.2, 0.25) is 9.99 Å². The number of para-hydroxylation sites is 1. The van der Waals surface area contributed by atoms with Gasteiger partial charge >= 0.3 is 0 Å². The largest absolute Gasteiger partial charge is 0.483 e. The lowest BCUT2D eigenvalue weighted by atomic mass is 9.77. The summed E-state index contributed by atoms with van der Waals surface area (Å²) in [4.78, 5) is 12.7. The quantitative estimate of drug-likeness (QED) is 0.697. The zero-order chi connectivity index (χ0) is 13.5. The molecule has 1 fully saturated rings. The molecule has 0 radical (unpaired) electrons. The Labute approximate surface area is 126 Å². The van der Waals surface area contributed by atoms with Gasteiger partial charge in [-0.05, 0) is 59.5 Å². The first-order valence-electron chi connectivity index (χ1n) is 6.44. The third-order valence-corrected chi connectivity index (χ3v) is 6.53. The molecule has 19 heavy (non-hydrogen) atoms. The van der Waals surface area contributed by atoms with Crippen LogP contribution < -0.4 is 4.74 Å². The number of carbonyl (C=O) groups is 1. The minimum atomic E-state index is -1.22. The van der Waals surface area contributed by atoms with Crippen molar-refractivity contribution in [1.29, 1.82) is 0 Å². The van der Waals surface area contributed by atoms with Gasteiger partial charge in [0.05, 0.1) is 5.56 Å². The zero-order valence-corrected chi connectivity index (χ0v) is 12.7. The van der Waals surface area contributed by atoms with Crippen molar-refractivity contribution >= 4 is 39.0 Å². The molecule has 1 spiro atoms. The van der Waals surface area contributed by atoms with Crippen molar-refractivity contribution in [2.75, 3.05) is 0 Å². The molecule has 1 heterocycles. The van der Waals surface area contributed by atoms with E-state index in [0.717, 1.165) is 43.1 Å². The van der Waals surface area contributed by atoms with Crippen LogP contribution in [0, 0.1) is 0 Å². The van der Waals surface area contributed by atoms with Gasteiger partial charge in [0.15, 0.2) is 0 Å². The van der Waals surface area contributed by atoms with Crippen molar-refractivity contribution in [1.82, 2.24) is 0 Å². The molecule has 1 atom stereocenters. The Morgan fingerprint density at radius 3 is 2.53 bits per heavy atom. The average Bonchev–Trinajstić information content (AvgIpc) is 2.46. The lowest BCUT2D eigenvalue weighted by molar-refractivity contribution is 0.00886. The number of halogens is 2. The molecule has 0 saturated heterocycles. The molecule has 0 amide bonds. The standard InChI is InChI=1S/C14H14Cl2O2S/c15-14(19-16)12(17)10-6-2-3-7-11(10)18-13(14)8-4-1-5-9-13/h2-3,6-7H,1,4-5,8-9H2. The third-order valence-electron chi connectivity index (χ3n) is 4.08. The minimum Gasteiger partial charge on any atom is -0.483 e. The second kappa shape index (κ2) is 4.87. The van der Waals surface area contributed by atoms with E-state index in [1.54, 1.807) is 6.07 Å². The highest BCUT2D eigenvalue weighted by Gasteiger charge is 2.61. The summed E-state index contributed by atoms with van der Waals surface area (Å²) >= 11 is 6.63. The minimum absolute atomic E-state index is 0.127. The molecular formula is C14H14Cl2O2S. The van der Waals surface area contributed by atoms with Crippen LogP contribution in [0.3, 0.4) is 0 Å². The summed E-state index contributed by atoms with van der Waals surface area (Å²) in [6.45, 7) is 0. The van der Waals surface area contributed by atoms with Crippen LogP contribution in [-0.4, -0.2) is 15.6 Å². The number of rotatable bonds is 1. The summed E-state index contributed by atoms with van der Waals surface area (Å²) < 4.78 is 4.96. The van der Waals surface area contributed by atoms with Gasteiger partial charge in [-0.2, -0.15) is 0 Å². The van der Waals surface area contributed by atoms with E-state index >= 15 is 0 Å². The molecule has 1 aromatic rings. The van der Waals surface area contributed by atoms with Crippen LogP contribution in [0.2, 0.25) is 0 Å². The fraction of sp³-hybridized carbons (Fsp3) is 0.500. The monoisotopic (exact) mass is 316 g/mol. The second-order valence-electron chi connectivity index (χ2n) is 5.15. The van der Waals surface area contributed by atoms with Crippen LogP contribution in [0.5, 0.6) is 5.75 Å². The van der Waals surface area contributed by atoms with Gasteiger partial charge in [0.1, 0.15) is 11.4 Å². The zero-order valence-electron chi connectivity index (χ0n) is 10.3. The molecule has 1 aliphatic heterocycles. The van der Waals surface area contributed by atoms with Gasteiger partial charge in [0, 0.05) is 0 Å². The Morgan fingerprint density at radius 1 is 1.16 bits per heavy atom. The molecule has 2 aliphatic rings. The van der Waals surface area contributed by atoms with Crippen LogP contribution in [0.15, 0.2) is 24.3 Å². The first-order chi connectivity index (χ1) is 9.13. The van der Waals surface area contributed by atoms with Crippen molar-refractivity contribution in [3.63, 3.8) is 0 Å². The topological polar surface area (TPSA) is 26.3 Å². The Hall–Kier alpha value is -0.380. The number of ether oxygens (including phenoxy) is 1. The maximum absolute atomic E-state index is 12.7. The Balaban J connectivity index is 2.13. The highest BCUT2D eigenvalue weighted by atomic mass is 35.7. The Morgan fingerprint density at radius 2 is 1.84 bits per heavy atom. The molecule has 0 aromatic heterocycles. The van der Waals surface area contributed by atoms with Crippen molar-refractivity contribution in [2.45, 2.75) is 41.9 Å². The van der Waals surface area contributed by atoms with E-state index in [4.69, 9.17) is 27.0 Å². The van der Waals surface area contributed by atoms with Gasteiger partial charge in [0.25, 0.3) is 0 Å². The van der Waals surface area contributed by atoms with Crippen molar-refractivity contribution in [3.8, 4) is 5.75 Å². The number of alkyl halides is 1. The summed E-state index contributed by atoms with van der Waals surface area (Å²) in [5.41, 5.74) is -0.146. The van der Waals surface area contributed by atoms with E-state index in [-0.39, 0.29) is 5.78 Å². The first kappa shape index (κ1) is 13.6. The smallest absolute Gasteiger partial charge is 0.206 e. The normalized spacial score (nSPS) is 28.8. The fourth-order valence-electron chi connectivity index (χ4n) is 3.05. The van der Waals surface area contributed by atoms with E-state index in [1.165, 1.54) is 0 Å². The molecule has 3 rings (SSSR count). The molecule has 1 aliphatic carbocycles. The van der Waals surface area contributed by atoms with Crippen LogP contribution >= 0.6 is 33.3 Å². The van der Waals surface area contributed by atoms with Crippen molar-refractivity contribution in [2.24, 2.45) is 0 Å².